The van der Waals surface area contributed by atoms with Crippen LogP contribution in [-0.2, 0) is 11.3 Å². The Balaban J connectivity index is 1.42. The van der Waals surface area contributed by atoms with Gasteiger partial charge in [-0.1, -0.05) is 6.92 Å². The summed E-state index contributed by atoms with van der Waals surface area (Å²) in [6.07, 6.45) is -0.850. The normalized spacial score (nSPS) is 21.3. The predicted molar refractivity (Wildman–Crippen MR) is 125 cm³/mol. The maximum absolute atomic E-state index is 12.9. The molecule has 2 amide bonds. The number of likely N-dealkylation sites (tertiary alicyclic amines) is 1. The number of primary amides is 1. The summed E-state index contributed by atoms with van der Waals surface area (Å²) in [5, 5.41) is 30.1. The Morgan fingerprint density at radius 2 is 2.03 bits per heavy atom. The van der Waals surface area contributed by atoms with Crippen molar-refractivity contribution in [2.45, 2.75) is 44.6 Å². The molecule has 0 spiro atoms. The summed E-state index contributed by atoms with van der Waals surface area (Å²) >= 11 is 0. The van der Waals surface area contributed by atoms with Gasteiger partial charge in [-0.2, -0.15) is 28.6 Å². The number of anilines is 1. The predicted octanol–water partition coefficient (Wildman–Crippen LogP) is 1.18. The van der Waals surface area contributed by atoms with Crippen LogP contribution in [0.4, 0.5) is 18.9 Å². The van der Waals surface area contributed by atoms with Crippen LogP contribution in [0.3, 0.4) is 0 Å². The number of halogens is 3. The van der Waals surface area contributed by atoms with E-state index in [1.165, 1.54) is 29.3 Å². The maximum Gasteiger partial charge on any atom is 0.416 e. The van der Waals surface area contributed by atoms with Gasteiger partial charge in [0, 0.05) is 30.9 Å². The van der Waals surface area contributed by atoms with E-state index in [0.29, 0.717) is 42.9 Å². The van der Waals surface area contributed by atoms with Crippen molar-refractivity contribution in [2.24, 2.45) is 17.1 Å². The van der Waals surface area contributed by atoms with Gasteiger partial charge in [0.25, 0.3) is 5.91 Å². The molecular weight excluding hydrogens is 507 g/mol. The van der Waals surface area contributed by atoms with Gasteiger partial charge in [0.2, 0.25) is 5.91 Å². The van der Waals surface area contributed by atoms with Crippen molar-refractivity contribution in [2.75, 3.05) is 18.4 Å². The van der Waals surface area contributed by atoms with Gasteiger partial charge in [-0.25, -0.2) is 9.50 Å². The molecule has 0 aromatic carbocycles. The van der Waals surface area contributed by atoms with Crippen LogP contribution >= 0.6 is 0 Å². The highest BCUT2D eigenvalue weighted by Gasteiger charge is 2.54. The minimum atomic E-state index is -4.78. The van der Waals surface area contributed by atoms with Crippen molar-refractivity contribution in [1.82, 2.24) is 29.3 Å². The summed E-state index contributed by atoms with van der Waals surface area (Å²) in [6.45, 7) is 1.92. The van der Waals surface area contributed by atoms with Crippen molar-refractivity contribution in [3.8, 4) is 17.3 Å². The van der Waals surface area contributed by atoms with E-state index in [2.05, 4.69) is 26.6 Å². The molecule has 0 radical (unpaired) electrons. The number of imidazole rings is 1. The Kier molecular flexibility index (Phi) is 6.02. The number of nitriles is 1. The number of nitrogens with two attached hydrogens (primary N) is 1. The van der Waals surface area contributed by atoms with E-state index in [4.69, 9.17) is 5.73 Å². The molecule has 15 heteroatoms. The van der Waals surface area contributed by atoms with E-state index in [1.54, 1.807) is 4.90 Å². The third-order valence-corrected chi connectivity index (χ3v) is 7.03. The number of carbonyl (C=O) groups excluding carboxylic acids is 2. The molecule has 1 saturated heterocycles. The molecule has 3 aromatic heterocycles. The van der Waals surface area contributed by atoms with Crippen LogP contribution in [0.25, 0.3) is 16.9 Å². The maximum atomic E-state index is 12.9. The number of rotatable bonds is 7. The number of nitrogens with one attached hydrogen (secondary N) is 1. The molecule has 3 atom stereocenters. The fourth-order valence-corrected chi connectivity index (χ4v) is 4.59. The molecule has 12 nitrogen and oxygen atoms in total. The first-order valence-corrected chi connectivity index (χ1v) is 11.8. The minimum absolute atomic E-state index is 0.0184. The second kappa shape index (κ2) is 8.98. The molecule has 2 fully saturated rings. The van der Waals surface area contributed by atoms with Crippen molar-refractivity contribution >= 4 is 23.1 Å². The van der Waals surface area contributed by atoms with Crippen LogP contribution in [0.5, 0.6) is 0 Å². The summed E-state index contributed by atoms with van der Waals surface area (Å²) in [6, 6.07) is 1.85. The summed E-state index contributed by atoms with van der Waals surface area (Å²) in [5.74, 6) is -0.960. The molecule has 2 aliphatic rings. The quantitative estimate of drug-likeness (QED) is 0.408. The third-order valence-electron chi connectivity index (χ3n) is 7.03. The van der Waals surface area contributed by atoms with Crippen molar-refractivity contribution in [3.05, 3.63) is 30.4 Å². The monoisotopic (exact) mass is 531 g/mol. The Hall–Kier alpha value is -4.19. The Morgan fingerprint density at radius 1 is 1.29 bits per heavy atom. The fraction of sp³-hybridized carbons (Fsp3) is 0.478. The number of amides is 2. The second-order valence-electron chi connectivity index (χ2n) is 9.83. The van der Waals surface area contributed by atoms with Gasteiger partial charge >= 0.3 is 6.18 Å². The standard InChI is InChI=1S/C23H24F3N9O3/c1-12-6-33(21(38)22(11-27)2-3-22)8-15(12)31-18-14(19(28)37)5-30-35-9-16(32-20(18)35)13-4-29-34(7-13)10-17(36)23(24,25)26/h4-5,7,9,12,15,17,31,36H,2-3,6,8,10H2,1H3,(H2,28,37)/t12-,15+,17+/m0/s1. The first-order valence-electron chi connectivity index (χ1n) is 11.8. The van der Waals surface area contributed by atoms with Gasteiger partial charge in [-0.05, 0) is 18.8 Å². The number of carbonyl (C=O) groups is 2. The van der Waals surface area contributed by atoms with Gasteiger partial charge in [0.1, 0.15) is 5.41 Å². The molecule has 0 bridgehead atoms. The Morgan fingerprint density at radius 3 is 2.66 bits per heavy atom. The van der Waals surface area contributed by atoms with Crippen LogP contribution in [0.15, 0.2) is 24.8 Å². The molecule has 200 valence electrons. The lowest BCUT2D eigenvalue weighted by molar-refractivity contribution is -0.208. The summed E-state index contributed by atoms with van der Waals surface area (Å²) < 4.78 is 40.4. The number of alkyl halides is 3. The third kappa shape index (κ3) is 4.51. The Bertz CT molecular complexity index is 1450. The molecule has 1 saturated carbocycles. The largest absolute Gasteiger partial charge is 0.416 e. The van der Waals surface area contributed by atoms with Gasteiger partial charge in [-0.3, -0.25) is 14.3 Å². The molecule has 38 heavy (non-hydrogen) atoms. The fourth-order valence-electron chi connectivity index (χ4n) is 4.59. The van der Waals surface area contributed by atoms with E-state index in [0.717, 1.165) is 4.68 Å². The molecule has 1 aliphatic carbocycles. The average molecular weight is 531 g/mol. The summed E-state index contributed by atoms with van der Waals surface area (Å²) in [4.78, 5) is 31.3. The van der Waals surface area contributed by atoms with E-state index in [9.17, 15) is 33.1 Å². The first kappa shape index (κ1) is 25.5. The summed E-state index contributed by atoms with van der Waals surface area (Å²) in [7, 11) is 0. The molecule has 4 heterocycles. The van der Waals surface area contributed by atoms with Crippen LogP contribution < -0.4 is 11.1 Å². The number of aliphatic hydroxyl groups excluding tert-OH is 1. The van der Waals surface area contributed by atoms with E-state index in [1.807, 2.05) is 6.92 Å². The zero-order valence-corrected chi connectivity index (χ0v) is 20.2. The van der Waals surface area contributed by atoms with Gasteiger partial charge < -0.3 is 21.1 Å². The zero-order chi connectivity index (χ0) is 27.4. The number of aliphatic hydroxyl groups is 1. The van der Waals surface area contributed by atoms with Gasteiger partial charge in [-0.15, -0.1) is 0 Å². The van der Waals surface area contributed by atoms with E-state index in [-0.39, 0.29) is 29.1 Å². The molecular formula is C23H24F3N9O3. The van der Waals surface area contributed by atoms with Crippen LogP contribution in [0, 0.1) is 22.7 Å². The van der Waals surface area contributed by atoms with Gasteiger partial charge in [0.05, 0.1) is 48.1 Å². The highest BCUT2D eigenvalue weighted by Crippen LogP contribution is 2.47. The average Bonchev–Trinajstić information content (AvgIpc) is 3.14. The number of hydrogen-bond acceptors (Lipinski definition) is 8. The molecule has 1 aliphatic heterocycles. The van der Waals surface area contributed by atoms with Crippen LogP contribution in [0.1, 0.15) is 30.1 Å². The van der Waals surface area contributed by atoms with E-state index < -0.39 is 30.1 Å². The molecule has 4 N–H and O–H groups in total. The highest BCUT2D eigenvalue weighted by atomic mass is 19.4. The highest BCUT2D eigenvalue weighted by molar-refractivity contribution is 6.01. The number of nitrogens with zero attached hydrogens (tertiary/aromatic N) is 7. The van der Waals surface area contributed by atoms with Crippen LogP contribution in [0.2, 0.25) is 0 Å². The van der Waals surface area contributed by atoms with Crippen molar-refractivity contribution < 1.29 is 27.9 Å². The zero-order valence-electron chi connectivity index (χ0n) is 20.2. The lowest BCUT2D eigenvalue weighted by Gasteiger charge is -2.21. The first-order chi connectivity index (χ1) is 17.9. The number of hydrogen-bond donors (Lipinski definition) is 3. The molecule has 0 unspecified atom stereocenters. The van der Waals surface area contributed by atoms with Crippen molar-refractivity contribution in [1.29, 1.82) is 5.26 Å². The number of aromatic nitrogens is 5. The second-order valence-corrected chi connectivity index (χ2v) is 9.83. The summed E-state index contributed by atoms with van der Waals surface area (Å²) in [5.41, 5.74) is 5.96. The van der Waals surface area contributed by atoms with Crippen LogP contribution in [-0.4, -0.2) is 77.6 Å². The lowest BCUT2D eigenvalue weighted by Crippen LogP contribution is -2.36. The SMILES string of the molecule is C[C@H]1CN(C(=O)C2(C#N)CC2)C[C@H]1Nc1c(C(N)=O)cnn2cc(-c3cnn(C[C@@H](O)C(F)(F)F)c3)nc12. The number of fused-ring (bicyclic) bond motifs is 1. The lowest BCUT2D eigenvalue weighted by atomic mass is 10.1. The van der Waals surface area contributed by atoms with Crippen molar-refractivity contribution in [3.63, 3.8) is 0 Å². The minimum Gasteiger partial charge on any atom is -0.382 e. The molecule has 5 rings (SSSR count). The molecule has 3 aromatic rings. The van der Waals surface area contributed by atoms with E-state index >= 15 is 0 Å². The van der Waals surface area contributed by atoms with Gasteiger partial charge in [0.15, 0.2) is 11.8 Å². The smallest absolute Gasteiger partial charge is 0.382 e. The Labute approximate surface area is 213 Å². The topological polar surface area (TPSA) is 167 Å².